The quantitative estimate of drug-likeness (QED) is 0.411. The van der Waals surface area contributed by atoms with Gasteiger partial charge in [-0.05, 0) is 11.1 Å². The molecular formula is C17H16FNO3S. The van der Waals surface area contributed by atoms with E-state index in [0.29, 0.717) is 0 Å². The van der Waals surface area contributed by atoms with Crippen LogP contribution in [-0.4, -0.2) is 27.1 Å². The van der Waals surface area contributed by atoms with Gasteiger partial charge in [-0.3, -0.25) is 0 Å². The number of benzene rings is 2. The van der Waals surface area contributed by atoms with E-state index >= 15 is 0 Å². The van der Waals surface area contributed by atoms with Crippen molar-refractivity contribution in [3.8, 4) is 22.3 Å². The predicted molar refractivity (Wildman–Crippen MR) is 87.6 cm³/mol. The molecule has 0 heterocycles. The minimum absolute atomic E-state index is 1.31. The molecule has 0 bridgehead atoms. The Morgan fingerprint density at radius 1 is 0.826 bits per heavy atom. The molecule has 4 nitrogen and oxygen atoms in total. The fourth-order valence-electron chi connectivity index (χ4n) is 2.40. The number of hydrogen-bond donors (Lipinski definition) is 0. The van der Waals surface area contributed by atoms with E-state index in [9.17, 15) is 3.89 Å². The van der Waals surface area contributed by atoms with Crippen molar-refractivity contribution in [2.75, 3.05) is 14.1 Å². The molecule has 0 atom stereocenters. The first kappa shape index (κ1) is 17.1. The van der Waals surface area contributed by atoms with Gasteiger partial charge in [0.15, 0.2) is 0 Å². The largest absolute Gasteiger partial charge is 0.722 e. The topological polar surface area (TPSA) is 60.2 Å². The molecule has 0 aromatic heterocycles. The molecule has 3 aromatic carbocycles. The molecular weight excluding hydrogens is 317 g/mol. The molecule has 0 aliphatic carbocycles. The number of halogens is 1. The van der Waals surface area contributed by atoms with E-state index in [2.05, 4.69) is 79.3 Å². The molecule has 0 aliphatic rings. The van der Waals surface area contributed by atoms with E-state index in [-0.39, 0.29) is 0 Å². The highest BCUT2D eigenvalue weighted by atomic mass is 32.3. The number of rotatable bonds is 2. The summed E-state index contributed by atoms with van der Waals surface area (Å²) in [5.74, 6) is 0. The van der Waals surface area contributed by atoms with Gasteiger partial charge < -0.3 is 4.55 Å². The van der Waals surface area contributed by atoms with Gasteiger partial charge >= 0.3 is 0 Å². The van der Waals surface area contributed by atoms with Gasteiger partial charge in [0.1, 0.15) is 14.1 Å². The van der Waals surface area contributed by atoms with Crippen molar-refractivity contribution in [3.63, 3.8) is 0 Å². The Bertz CT molecular complexity index is 843. The molecule has 0 spiro atoms. The summed E-state index contributed by atoms with van der Waals surface area (Å²) in [4.78, 5) is 0. The Morgan fingerprint density at radius 2 is 1.13 bits per heavy atom. The van der Waals surface area contributed by atoms with Gasteiger partial charge in [0.25, 0.3) is 10.5 Å². The van der Waals surface area contributed by atoms with E-state index in [0.717, 1.165) is 0 Å². The zero-order valence-electron chi connectivity index (χ0n) is 12.7. The van der Waals surface area contributed by atoms with Crippen molar-refractivity contribution < 1.29 is 16.9 Å². The van der Waals surface area contributed by atoms with Crippen molar-refractivity contribution in [1.29, 1.82) is 0 Å². The monoisotopic (exact) mass is 333 g/mol. The maximum absolute atomic E-state index is 10.1. The molecule has 23 heavy (non-hydrogen) atoms. The van der Waals surface area contributed by atoms with Gasteiger partial charge in [0, 0.05) is 0 Å². The fraction of sp³-hybridized carbons (Fsp3) is 0.118. The van der Waals surface area contributed by atoms with Crippen molar-refractivity contribution in [3.05, 3.63) is 66.0 Å². The predicted octanol–water partition coefficient (Wildman–Crippen LogP) is 2.34. The highest BCUT2D eigenvalue weighted by Crippen LogP contribution is 2.33. The average molecular weight is 333 g/mol. The zero-order valence-corrected chi connectivity index (χ0v) is 13.5. The third kappa shape index (κ3) is 4.84. The van der Waals surface area contributed by atoms with Crippen LogP contribution in [0.5, 0.6) is 0 Å². The van der Waals surface area contributed by atoms with Gasteiger partial charge in [-0.1, -0.05) is 60.7 Å². The molecule has 0 N–H and O–H groups in total. The second-order valence-electron chi connectivity index (χ2n) is 5.12. The lowest BCUT2D eigenvalue weighted by molar-refractivity contribution is 0.417. The van der Waals surface area contributed by atoms with E-state index in [4.69, 9.17) is 13.0 Å². The maximum atomic E-state index is 10.1. The van der Waals surface area contributed by atoms with Crippen LogP contribution in [0.1, 0.15) is 0 Å². The highest BCUT2D eigenvalue weighted by Gasteiger charge is 2.28. The molecule has 120 valence electrons. The normalized spacial score (nSPS) is 11.0. The molecule has 0 saturated heterocycles. The molecule has 0 saturated carbocycles. The van der Waals surface area contributed by atoms with Crippen LogP contribution in [0.3, 0.4) is 0 Å². The summed E-state index contributed by atoms with van der Waals surface area (Å²) >= 11 is 0. The second kappa shape index (κ2) is 6.85. The number of nitrogens with zero attached hydrogens (tertiary/aromatic N) is 1. The number of hydrogen-bond acceptors (Lipinski definition) is 3. The molecule has 0 aliphatic heterocycles. The zero-order chi connectivity index (χ0) is 17.0. The third-order valence-corrected chi connectivity index (χ3v) is 3.23. The Morgan fingerprint density at radius 3 is 1.39 bits per heavy atom. The van der Waals surface area contributed by atoms with E-state index < -0.39 is 10.5 Å². The van der Waals surface area contributed by atoms with Gasteiger partial charge in [-0.25, -0.2) is 13.0 Å². The Balaban J connectivity index is 0.000000338. The molecule has 0 radical (unpaired) electrons. The summed E-state index contributed by atoms with van der Waals surface area (Å²) in [6.45, 7) is 0. The van der Waals surface area contributed by atoms with E-state index in [1.807, 2.05) is 0 Å². The molecule has 0 amide bonds. The summed E-state index contributed by atoms with van der Waals surface area (Å²) in [5, 5.41) is 1.35. The Labute approximate surface area is 134 Å². The van der Waals surface area contributed by atoms with Crippen LogP contribution in [0.15, 0.2) is 60.7 Å². The molecule has 6 heteroatoms. The third-order valence-electron chi connectivity index (χ3n) is 3.23. The molecule has 3 aromatic rings. The molecule has 3 rings (SSSR count). The van der Waals surface area contributed by atoms with Crippen LogP contribution >= 0.6 is 0 Å². The SMILES string of the molecule is C[N+](C)=c1c(-c2ccccc2)c1-c1ccccc1.O=S(=O)([O-])F. The van der Waals surface area contributed by atoms with Gasteiger partial charge in [-0.2, -0.15) is 0 Å². The Hall–Kier alpha value is -2.31. The smallest absolute Gasteiger partial charge is 0.255 e. The maximum Gasteiger partial charge on any atom is 0.255 e. The lowest BCUT2D eigenvalue weighted by Crippen LogP contribution is -2.13. The Kier molecular flexibility index (Phi) is 5.08. The van der Waals surface area contributed by atoms with Crippen molar-refractivity contribution in [2.24, 2.45) is 0 Å². The van der Waals surface area contributed by atoms with Crippen molar-refractivity contribution in [1.82, 2.24) is 4.58 Å². The second-order valence-corrected chi connectivity index (χ2v) is 5.90. The van der Waals surface area contributed by atoms with Crippen molar-refractivity contribution in [2.45, 2.75) is 0 Å². The summed E-state index contributed by atoms with van der Waals surface area (Å²) < 4.78 is 37.5. The van der Waals surface area contributed by atoms with Crippen LogP contribution in [0.25, 0.3) is 22.3 Å². The molecule has 0 unspecified atom stereocenters. The lowest BCUT2D eigenvalue weighted by atomic mass is 10.1. The summed E-state index contributed by atoms with van der Waals surface area (Å²) in [7, 11) is -1.21. The van der Waals surface area contributed by atoms with Gasteiger partial charge in [0.05, 0.1) is 11.1 Å². The van der Waals surface area contributed by atoms with Crippen LogP contribution in [0.2, 0.25) is 0 Å². The fourth-order valence-corrected chi connectivity index (χ4v) is 2.40. The highest BCUT2D eigenvalue weighted by molar-refractivity contribution is 7.80. The van der Waals surface area contributed by atoms with E-state index in [1.54, 1.807) is 0 Å². The standard InChI is InChI=1S/C17H16N.FHO3S/c1-18(2)17-15(13-9-5-3-6-10-13)16(17)14-11-7-4-8-12-14;1-5(2,3)4/h3-12H,1-2H3;(H,2,3,4)/q+1;/p-1. The summed E-state index contributed by atoms with van der Waals surface area (Å²) in [5.41, 5.74) is 5.37. The van der Waals surface area contributed by atoms with Crippen LogP contribution < -0.4 is 9.93 Å². The first-order chi connectivity index (χ1) is 10.8. The van der Waals surface area contributed by atoms with Gasteiger partial charge in [0.2, 0.25) is 5.36 Å². The first-order valence-electron chi connectivity index (χ1n) is 6.84. The summed E-state index contributed by atoms with van der Waals surface area (Å²) in [6, 6.07) is 21.2. The van der Waals surface area contributed by atoms with Crippen LogP contribution in [-0.2, 0) is 10.5 Å². The molecule has 0 fully saturated rings. The summed E-state index contributed by atoms with van der Waals surface area (Å²) in [6.07, 6.45) is 0. The van der Waals surface area contributed by atoms with Crippen LogP contribution in [0, 0.1) is 0 Å². The lowest BCUT2D eigenvalue weighted by Gasteiger charge is -1.91. The van der Waals surface area contributed by atoms with Crippen LogP contribution in [0.4, 0.5) is 3.89 Å². The minimum atomic E-state index is -5.42. The van der Waals surface area contributed by atoms with E-state index in [1.165, 1.54) is 27.6 Å². The average Bonchev–Trinajstić information content (AvgIpc) is 3.23. The first-order valence-corrected chi connectivity index (χ1v) is 8.15. The van der Waals surface area contributed by atoms with Gasteiger partial charge in [-0.15, -0.1) is 3.89 Å². The van der Waals surface area contributed by atoms with Crippen molar-refractivity contribution >= 4 is 10.5 Å². The minimum Gasteiger partial charge on any atom is -0.722 e.